The van der Waals surface area contributed by atoms with E-state index in [1.165, 1.54) is 0 Å². The van der Waals surface area contributed by atoms with Gasteiger partial charge >= 0.3 is 0 Å². The number of carbonyl (C=O) groups excluding carboxylic acids is 1. The smallest absolute Gasteiger partial charge is 0.258 e. The molecule has 6 heteroatoms. The molecule has 1 amide bonds. The number of hydrogen-bond donors (Lipinski definition) is 1. The highest BCUT2D eigenvalue weighted by molar-refractivity contribution is 6.30. The van der Waals surface area contributed by atoms with Crippen LogP contribution in [-0.4, -0.2) is 17.0 Å². The Hall–Kier alpha value is -2.27. The van der Waals surface area contributed by atoms with Crippen LogP contribution in [0.2, 0.25) is 5.02 Å². The van der Waals surface area contributed by atoms with Crippen molar-refractivity contribution in [1.29, 1.82) is 0 Å². The van der Waals surface area contributed by atoms with E-state index >= 15 is 0 Å². The largest absolute Gasteiger partial charge is 0.487 e. The molecule has 0 aliphatic heterocycles. The molecule has 5 nitrogen and oxygen atoms in total. The SMILES string of the molecule is C[C@H](Oc1ccc(OCc2ccc(Cl)cn2)cc1)C(N)=O. The van der Waals surface area contributed by atoms with Gasteiger partial charge in [-0.1, -0.05) is 11.6 Å². The molecule has 2 aromatic rings. The highest BCUT2D eigenvalue weighted by Crippen LogP contribution is 2.19. The summed E-state index contributed by atoms with van der Waals surface area (Å²) < 4.78 is 10.9. The Balaban J connectivity index is 1.90. The Bertz CT molecular complexity index is 599. The molecule has 110 valence electrons. The number of benzene rings is 1. The quantitative estimate of drug-likeness (QED) is 0.890. The summed E-state index contributed by atoms with van der Waals surface area (Å²) in [6.07, 6.45) is 0.901. The van der Waals surface area contributed by atoms with Crippen LogP contribution in [0.3, 0.4) is 0 Å². The Morgan fingerprint density at radius 3 is 2.48 bits per heavy atom. The zero-order valence-electron chi connectivity index (χ0n) is 11.5. The highest BCUT2D eigenvalue weighted by atomic mass is 35.5. The monoisotopic (exact) mass is 306 g/mol. The fourth-order valence-corrected chi connectivity index (χ4v) is 1.64. The molecule has 0 spiro atoms. The van der Waals surface area contributed by atoms with Crippen molar-refractivity contribution in [3.8, 4) is 11.5 Å². The van der Waals surface area contributed by atoms with E-state index in [1.807, 2.05) is 0 Å². The first-order valence-electron chi connectivity index (χ1n) is 6.34. The van der Waals surface area contributed by atoms with E-state index in [9.17, 15) is 4.79 Å². The summed E-state index contributed by atoms with van der Waals surface area (Å²) in [6.45, 7) is 1.94. The first kappa shape index (κ1) is 15.1. The number of ether oxygens (including phenoxy) is 2. The third kappa shape index (κ3) is 4.65. The summed E-state index contributed by atoms with van der Waals surface area (Å²) in [7, 11) is 0. The molecule has 0 unspecified atom stereocenters. The molecule has 0 aliphatic carbocycles. The van der Waals surface area contributed by atoms with Crippen molar-refractivity contribution in [2.45, 2.75) is 19.6 Å². The predicted octanol–water partition coefficient (Wildman–Crippen LogP) is 2.57. The lowest BCUT2D eigenvalue weighted by atomic mass is 10.3. The fraction of sp³-hybridized carbons (Fsp3) is 0.200. The van der Waals surface area contributed by atoms with Gasteiger partial charge < -0.3 is 15.2 Å². The second-order valence-electron chi connectivity index (χ2n) is 4.39. The van der Waals surface area contributed by atoms with E-state index in [0.29, 0.717) is 23.1 Å². The Morgan fingerprint density at radius 2 is 1.90 bits per heavy atom. The number of amides is 1. The normalized spacial score (nSPS) is 11.7. The van der Waals surface area contributed by atoms with Crippen molar-refractivity contribution < 1.29 is 14.3 Å². The average molecular weight is 307 g/mol. The van der Waals surface area contributed by atoms with Gasteiger partial charge in [0.15, 0.2) is 6.10 Å². The van der Waals surface area contributed by atoms with Gasteiger partial charge in [-0.15, -0.1) is 0 Å². The standard InChI is InChI=1S/C15H15ClN2O3/c1-10(15(17)19)21-14-6-4-13(5-7-14)20-9-12-3-2-11(16)8-18-12/h2-8,10H,9H2,1H3,(H2,17,19)/t10-/m0/s1. The molecule has 1 aromatic carbocycles. The lowest BCUT2D eigenvalue weighted by Gasteiger charge is -2.12. The van der Waals surface area contributed by atoms with Crippen LogP contribution in [0.4, 0.5) is 0 Å². The van der Waals surface area contributed by atoms with E-state index < -0.39 is 12.0 Å². The van der Waals surface area contributed by atoms with Crippen molar-refractivity contribution in [3.63, 3.8) is 0 Å². The Morgan fingerprint density at radius 1 is 1.24 bits per heavy atom. The van der Waals surface area contributed by atoms with Crippen LogP contribution in [0.25, 0.3) is 0 Å². The molecule has 0 bridgehead atoms. The zero-order valence-corrected chi connectivity index (χ0v) is 12.2. The number of carbonyl (C=O) groups is 1. The van der Waals surface area contributed by atoms with Crippen molar-refractivity contribution in [2.75, 3.05) is 0 Å². The molecule has 1 aromatic heterocycles. The van der Waals surface area contributed by atoms with Crippen molar-refractivity contribution in [3.05, 3.63) is 53.3 Å². The summed E-state index contributed by atoms with van der Waals surface area (Å²) in [5.41, 5.74) is 5.91. The molecule has 21 heavy (non-hydrogen) atoms. The molecule has 0 saturated heterocycles. The number of pyridine rings is 1. The lowest BCUT2D eigenvalue weighted by Crippen LogP contribution is -2.30. The average Bonchev–Trinajstić information content (AvgIpc) is 2.48. The van der Waals surface area contributed by atoms with Crippen LogP contribution >= 0.6 is 11.6 Å². The van der Waals surface area contributed by atoms with Gasteiger partial charge in [-0.2, -0.15) is 0 Å². The van der Waals surface area contributed by atoms with Gasteiger partial charge in [-0.25, -0.2) is 0 Å². The molecular formula is C15H15ClN2O3. The van der Waals surface area contributed by atoms with E-state index in [-0.39, 0.29) is 0 Å². The van der Waals surface area contributed by atoms with Gasteiger partial charge in [0.1, 0.15) is 18.1 Å². The number of aromatic nitrogens is 1. The van der Waals surface area contributed by atoms with Crippen LogP contribution < -0.4 is 15.2 Å². The molecule has 0 radical (unpaired) electrons. The molecular weight excluding hydrogens is 292 g/mol. The molecule has 1 atom stereocenters. The number of nitrogens with zero attached hydrogens (tertiary/aromatic N) is 1. The van der Waals surface area contributed by atoms with Gasteiger partial charge in [-0.05, 0) is 43.3 Å². The molecule has 0 saturated carbocycles. The Labute approximate surface area is 127 Å². The maximum atomic E-state index is 10.9. The van der Waals surface area contributed by atoms with Gasteiger partial charge in [0.25, 0.3) is 5.91 Å². The number of primary amides is 1. The summed E-state index contributed by atoms with van der Waals surface area (Å²) in [5.74, 6) is 0.716. The number of nitrogens with two attached hydrogens (primary N) is 1. The number of halogens is 1. The van der Waals surface area contributed by atoms with E-state index in [1.54, 1.807) is 49.5 Å². The van der Waals surface area contributed by atoms with Gasteiger partial charge in [0.05, 0.1) is 10.7 Å². The summed E-state index contributed by atoms with van der Waals surface area (Å²) in [4.78, 5) is 15.0. The van der Waals surface area contributed by atoms with Crippen LogP contribution in [0.15, 0.2) is 42.6 Å². The van der Waals surface area contributed by atoms with Gasteiger partial charge in [0.2, 0.25) is 0 Å². The Kier molecular flexibility index (Phi) is 5.00. The third-order valence-corrected chi connectivity index (χ3v) is 2.94. The summed E-state index contributed by atoms with van der Waals surface area (Å²) in [6, 6.07) is 10.5. The predicted molar refractivity (Wildman–Crippen MR) is 79.3 cm³/mol. The molecule has 1 heterocycles. The minimum atomic E-state index is -0.671. The molecule has 0 fully saturated rings. The lowest BCUT2D eigenvalue weighted by molar-refractivity contribution is -0.123. The van der Waals surface area contributed by atoms with E-state index in [4.69, 9.17) is 26.8 Å². The number of hydrogen-bond acceptors (Lipinski definition) is 4. The second-order valence-corrected chi connectivity index (χ2v) is 4.83. The van der Waals surface area contributed by atoms with Crippen LogP contribution in [0.5, 0.6) is 11.5 Å². The third-order valence-electron chi connectivity index (χ3n) is 2.71. The minimum Gasteiger partial charge on any atom is -0.487 e. The fourth-order valence-electron chi connectivity index (χ4n) is 1.53. The number of rotatable bonds is 6. The van der Waals surface area contributed by atoms with Crippen molar-refractivity contribution in [2.24, 2.45) is 5.73 Å². The molecule has 0 aliphatic rings. The van der Waals surface area contributed by atoms with Crippen molar-refractivity contribution in [1.82, 2.24) is 4.98 Å². The van der Waals surface area contributed by atoms with Crippen LogP contribution in [0, 0.1) is 0 Å². The van der Waals surface area contributed by atoms with Crippen LogP contribution in [-0.2, 0) is 11.4 Å². The second kappa shape index (κ2) is 6.95. The molecule has 2 rings (SSSR count). The van der Waals surface area contributed by atoms with Gasteiger partial charge in [0, 0.05) is 6.20 Å². The maximum Gasteiger partial charge on any atom is 0.258 e. The van der Waals surface area contributed by atoms with Crippen molar-refractivity contribution >= 4 is 17.5 Å². The first-order chi connectivity index (χ1) is 10.0. The van der Waals surface area contributed by atoms with Crippen LogP contribution in [0.1, 0.15) is 12.6 Å². The first-order valence-corrected chi connectivity index (χ1v) is 6.71. The summed E-state index contributed by atoms with van der Waals surface area (Å²) in [5, 5.41) is 0.587. The van der Waals surface area contributed by atoms with E-state index in [0.717, 1.165) is 5.69 Å². The maximum absolute atomic E-state index is 10.9. The van der Waals surface area contributed by atoms with E-state index in [2.05, 4.69) is 4.98 Å². The highest BCUT2D eigenvalue weighted by Gasteiger charge is 2.09. The molecule has 2 N–H and O–H groups in total. The zero-order chi connectivity index (χ0) is 15.2. The van der Waals surface area contributed by atoms with Gasteiger partial charge in [-0.3, -0.25) is 9.78 Å². The minimum absolute atomic E-state index is 0.342. The topological polar surface area (TPSA) is 74.4 Å². The summed E-state index contributed by atoms with van der Waals surface area (Å²) >= 11 is 5.76.